The molecule has 5 nitrogen and oxygen atoms in total. The van der Waals surface area contributed by atoms with Crippen LogP contribution >= 0.6 is 11.6 Å². The number of nitrogens with one attached hydrogen (secondary N) is 1. The van der Waals surface area contributed by atoms with Crippen molar-refractivity contribution in [1.29, 1.82) is 0 Å². The number of nitrogens with zero attached hydrogens (tertiary/aromatic N) is 4. The molecule has 0 amide bonds. The van der Waals surface area contributed by atoms with Crippen molar-refractivity contribution in [2.75, 3.05) is 13.1 Å². The minimum Gasteiger partial charge on any atom is -0.299 e. The summed E-state index contributed by atoms with van der Waals surface area (Å²) in [6, 6.07) is 10.7. The minimum absolute atomic E-state index is 0.565. The number of halogens is 1. The Kier molecular flexibility index (Phi) is 5.83. The van der Waals surface area contributed by atoms with Crippen LogP contribution in [0.5, 0.6) is 0 Å². The highest BCUT2D eigenvalue weighted by Gasteiger charge is 2.25. The van der Waals surface area contributed by atoms with Crippen molar-refractivity contribution in [2.24, 2.45) is 7.05 Å². The molecule has 2 aromatic heterocycles. The molecule has 0 bridgehead atoms. The van der Waals surface area contributed by atoms with Gasteiger partial charge in [-0.3, -0.25) is 14.7 Å². The first-order valence-electron chi connectivity index (χ1n) is 10.1. The summed E-state index contributed by atoms with van der Waals surface area (Å²) in [5.74, 6) is 0.565. The molecule has 28 heavy (non-hydrogen) atoms. The lowest BCUT2D eigenvalue weighted by atomic mass is 9.90. The molecule has 0 atom stereocenters. The maximum atomic E-state index is 6.41. The summed E-state index contributed by atoms with van der Waals surface area (Å²) >= 11 is 6.41. The first-order chi connectivity index (χ1) is 13.6. The van der Waals surface area contributed by atoms with Crippen LogP contribution in [0.2, 0.25) is 5.15 Å². The Morgan fingerprint density at radius 2 is 1.89 bits per heavy atom. The van der Waals surface area contributed by atoms with Gasteiger partial charge in [0.25, 0.3) is 0 Å². The van der Waals surface area contributed by atoms with Gasteiger partial charge < -0.3 is 0 Å². The number of piperidine rings is 1. The van der Waals surface area contributed by atoms with Crippen LogP contribution in [0.15, 0.2) is 36.5 Å². The Morgan fingerprint density at radius 3 is 2.57 bits per heavy atom. The van der Waals surface area contributed by atoms with Crippen molar-refractivity contribution in [2.45, 2.75) is 45.1 Å². The van der Waals surface area contributed by atoms with Crippen molar-refractivity contribution in [3.8, 4) is 0 Å². The molecule has 0 unspecified atom stereocenters. The monoisotopic (exact) mass is 397 g/mol. The van der Waals surface area contributed by atoms with Gasteiger partial charge in [0, 0.05) is 30.8 Å². The summed E-state index contributed by atoms with van der Waals surface area (Å²) in [6.07, 6.45) is 6.42. The van der Waals surface area contributed by atoms with Crippen LogP contribution in [-0.4, -0.2) is 38.0 Å². The van der Waals surface area contributed by atoms with Gasteiger partial charge in [0.05, 0.1) is 11.9 Å². The van der Waals surface area contributed by atoms with Crippen molar-refractivity contribution in [3.63, 3.8) is 0 Å². The van der Waals surface area contributed by atoms with Gasteiger partial charge in [-0.2, -0.15) is 10.2 Å². The molecule has 3 heterocycles. The Balaban J connectivity index is 1.35. The summed E-state index contributed by atoms with van der Waals surface area (Å²) in [5, 5.41) is 12.8. The smallest absolute Gasteiger partial charge is 0.131 e. The molecule has 1 N–H and O–H groups in total. The van der Waals surface area contributed by atoms with Crippen LogP contribution in [0.25, 0.3) is 0 Å². The van der Waals surface area contributed by atoms with E-state index in [9.17, 15) is 0 Å². The van der Waals surface area contributed by atoms with E-state index >= 15 is 0 Å². The molecule has 1 aromatic carbocycles. The van der Waals surface area contributed by atoms with Gasteiger partial charge in [0.1, 0.15) is 5.15 Å². The van der Waals surface area contributed by atoms with Gasteiger partial charge in [-0.1, -0.05) is 41.9 Å². The fraction of sp³-hybridized carbons (Fsp3) is 0.455. The fourth-order valence-corrected chi connectivity index (χ4v) is 4.49. The summed E-state index contributed by atoms with van der Waals surface area (Å²) < 4.78 is 1.77. The number of aromatic amines is 1. The average Bonchev–Trinajstić information content (AvgIpc) is 3.28. The molecule has 148 valence electrons. The summed E-state index contributed by atoms with van der Waals surface area (Å²) in [5.41, 5.74) is 6.28. The zero-order chi connectivity index (χ0) is 19.5. The van der Waals surface area contributed by atoms with E-state index in [-0.39, 0.29) is 0 Å². The van der Waals surface area contributed by atoms with Crippen molar-refractivity contribution in [3.05, 3.63) is 69.8 Å². The first-order valence-corrected chi connectivity index (χ1v) is 10.5. The van der Waals surface area contributed by atoms with E-state index in [0.717, 1.165) is 61.7 Å². The van der Waals surface area contributed by atoms with E-state index in [1.54, 1.807) is 4.68 Å². The van der Waals surface area contributed by atoms with E-state index in [1.807, 2.05) is 20.2 Å². The lowest BCUT2D eigenvalue weighted by Gasteiger charge is -2.31. The second-order valence-corrected chi connectivity index (χ2v) is 8.18. The third kappa shape index (κ3) is 4.15. The van der Waals surface area contributed by atoms with E-state index in [0.29, 0.717) is 5.92 Å². The Labute approximate surface area is 171 Å². The topological polar surface area (TPSA) is 49.7 Å². The van der Waals surface area contributed by atoms with Crippen molar-refractivity contribution < 1.29 is 0 Å². The highest BCUT2D eigenvalue weighted by Crippen LogP contribution is 2.31. The molecule has 0 spiro atoms. The molecule has 0 radical (unpaired) electrons. The molecular formula is C22H28ClN5. The second-order valence-electron chi connectivity index (χ2n) is 7.82. The second kappa shape index (κ2) is 8.50. The van der Waals surface area contributed by atoms with E-state index in [2.05, 4.69) is 50.5 Å². The SMILES string of the molecule is Cc1nn(C)c(Cl)c1CN1CCC(c2[nH]ncc2CCc2ccccc2)CC1. The molecule has 1 aliphatic heterocycles. The Morgan fingerprint density at radius 1 is 1.14 bits per heavy atom. The Hall–Kier alpha value is -2.11. The van der Waals surface area contributed by atoms with Gasteiger partial charge >= 0.3 is 0 Å². The van der Waals surface area contributed by atoms with E-state index in [4.69, 9.17) is 11.6 Å². The van der Waals surface area contributed by atoms with Gasteiger partial charge in [-0.05, 0) is 56.8 Å². The lowest BCUT2D eigenvalue weighted by Crippen LogP contribution is -2.33. The third-order valence-corrected chi connectivity index (χ3v) is 6.40. The maximum absolute atomic E-state index is 6.41. The van der Waals surface area contributed by atoms with Gasteiger partial charge in [-0.25, -0.2) is 0 Å². The molecule has 1 fully saturated rings. The molecule has 6 heteroatoms. The number of hydrogen-bond donors (Lipinski definition) is 1. The quantitative estimate of drug-likeness (QED) is 0.675. The van der Waals surface area contributed by atoms with Crippen LogP contribution in [0, 0.1) is 6.92 Å². The number of aromatic nitrogens is 4. The molecule has 0 saturated carbocycles. The van der Waals surface area contributed by atoms with Crippen LogP contribution in [-0.2, 0) is 26.4 Å². The fourth-order valence-electron chi connectivity index (χ4n) is 4.25. The van der Waals surface area contributed by atoms with Gasteiger partial charge in [-0.15, -0.1) is 0 Å². The highest BCUT2D eigenvalue weighted by atomic mass is 35.5. The molecule has 3 aromatic rings. The number of likely N-dealkylation sites (tertiary alicyclic amines) is 1. The lowest BCUT2D eigenvalue weighted by molar-refractivity contribution is 0.202. The van der Waals surface area contributed by atoms with Gasteiger partial charge in [0.15, 0.2) is 0 Å². The van der Waals surface area contributed by atoms with Crippen LogP contribution in [0.3, 0.4) is 0 Å². The largest absolute Gasteiger partial charge is 0.299 e. The highest BCUT2D eigenvalue weighted by molar-refractivity contribution is 6.30. The Bertz CT molecular complexity index is 906. The van der Waals surface area contributed by atoms with E-state index in [1.165, 1.54) is 16.8 Å². The molecule has 1 saturated heterocycles. The maximum Gasteiger partial charge on any atom is 0.131 e. The standard InChI is InChI=1S/C22H28ClN5/c1-16-20(22(23)27(2)26-16)15-28-12-10-18(11-13-28)21-19(14-24-25-21)9-8-17-6-4-3-5-7-17/h3-7,14,18H,8-13,15H2,1-2H3,(H,24,25). The minimum atomic E-state index is 0.565. The zero-order valence-corrected chi connectivity index (χ0v) is 17.4. The number of rotatable bonds is 6. The summed E-state index contributed by atoms with van der Waals surface area (Å²) in [7, 11) is 1.90. The number of H-pyrrole nitrogens is 1. The van der Waals surface area contributed by atoms with Crippen molar-refractivity contribution in [1.82, 2.24) is 24.9 Å². The molecule has 1 aliphatic rings. The predicted octanol–water partition coefficient (Wildman–Crippen LogP) is 4.27. The van der Waals surface area contributed by atoms with E-state index < -0.39 is 0 Å². The number of aryl methyl sites for hydroxylation is 4. The summed E-state index contributed by atoms with van der Waals surface area (Å²) in [4.78, 5) is 2.49. The van der Waals surface area contributed by atoms with Crippen molar-refractivity contribution >= 4 is 11.6 Å². The first kappa shape index (κ1) is 19.2. The third-order valence-electron chi connectivity index (χ3n) is 5.92. The average molecular weight is 398 g/mol. The summed E-state index contributed by atoms with van der Waals surface area (Å²) in [6.45, 7) is 5.07. The zero-order valence-electron chi connectivity index (χ0n) is 16.7. The molecular weight excluding hydrogens is 370 g/mol. The van der Waals surface area contributed by atoms with Crippen LogP contribution in [0.4, 0.5) is 0 Å². The normalized spacial score (nSPS) is 16.0. The number of hydrogen-bond acceptors (Lipinski definition) is 3. The molecule has 0 aliphatic carbocycles. The number of benzene rings is 1. The predicted molar refractivity (Wildman–Crippen MR) is 113 cm³/mol. The van der Waals surface area contributed by atoms with Crippen LogP contribution < -0.4 is 0 Å². The van der Waals surface area contributed by atoms with Gasteiger partial charge in [0.2, 0.25) is 0 Å². The van der Waals surface area contributed by atoms with Crippen LogP contribution in [0.1, 0.15) is 46.8 Å². The molecule has 4 rings (SSSR count).